The van der Waals surface area contributed by atoms with Gasteiger partial charge in [-0.2, -0.15) is 13.2 Å². The molecule has 0 unspecified atom stereocenters. The van der Waals surface area contributed by atoms with E-state index in [2.05, 4.69) is 10.6 Å². The Balaban J connectivity index is 2.01. The van der Waals surface area contributed by atoms with Gasteiger partial charge in [-0.25, -0.2) is 4.39 Å². The van der Waals surface area contributed by atoms with Crippen LogP contribution in [0.15, 0.2) is 54.6 Å². The van der Waals surface area contributed by atoms with Gasteiger partial charge in [-0.3, -0.25) is 4.79 Å². The number of alkyl halides is 3. The fourth-order valence-electron chi connectivity index (χ4n) is 2.91. The van der Waals surface area contributed by atoms with Crippen LogP contribution in [0.5, 0.6) is 5.75 Å². The SMILES string of the molecule is Cc1cc(O)ccc1NC(=O)c1cc(C(F)(F)F)ccc1Nc1ccc(F)cc1C. The van der Waals surface area contributed by atoms with Crippen molar-refractivity contribution in [2.24, 2.45) is 0 Å². The number of phenolic OH excluding ortho intramolecular Hbond substituents is 1. The molecule has 8 heteroatoms. The minimum Gasteiger partial charge on any atom is -0.508 e. The lowest BCUT2D eigenvalue weighted by Crippen LogP contribution is -2.16. The predicted octanol–water partition coefficient (Wildman–Crippen LogP) is 6.16. The molecule has 0 aliphatic rings. The lowest BCUT2D eigenvalue weighted by atomic mass is 10.1. The van der Waals surface area contributed by atoms with Crippen LogP contribution in [0, 0.1) is 19.7 Å². The maximum atomic E-state index is 13.4. The van der Waals surface area contributed by atoms with Gasteiger partial charge in [-0.15, -0.1) is 0 Å². The molecule has 3 rings (SSSR count). The van der Waals surface area contributed by atoms with Crippen molar-refractivity contribution in [1.82, 2.24) is 0 Å². The van der Waals surface area contributed by atoms with E-state index in [1.54, 1.807) is 13.8 Å². The number of anilines is 3. The number of phenols is 1. The summed E-state index contributed by atoms with van der Waals surface area (Å²) in [6, 6.07) is 10.9. The van der Waals surface area contributed by atoms with E-state index < -0.39 is 23.5 Å². The van der Waals surface area contributed by atoms with Crippen LogP contribution in [0.1, 0.15) is 27.0 Å². The number of benzene rings is 3. The molecule has 0 fully saturated rings. The number of aryl methyl sites for hydroxylation is 2. The first-order valence-corrected chi connectivity index (χ1v) is 8.90. The van der Waals surface area contributed by atoms with E-state index in [0.29, 0.717) is 22.5 Å². The average Bonchev–Trinajstić information content (AvgIpc) is 2.65. The van der Waals surface area contributed by atoms with Gasteiger partial charge in [0.05, 0.1) is 16.8 Å². The Morgan fingerprint density at radius 3 is 2.13 bits per heavy atom. The van der Waals surface area contributed by atoms with Crippen LogP contribution in [0.25, 0.3) is 0 Å². The van der Waals surface area contributed by atoms with E-state index in [-0.39, 0.29) is 17.0 Å². The van der Waals surface area contributed by atoms with Gasteiger partial charge in [0.2, 0.25) is 0 Å². The predicted molar refractivity (Wildman–Crippen MR) is 107 cm³/mol. The van der Waals surface area contributed by atoms with Crippen molar-refractivity contribution in [1.29, 1.82) is 0 Å². The van der Waals surface area contributed by atoms with Crippen LogP contribution in [0.2, 0.25) is 0 Å². The molecule has 3 aromatic carbocycles. The summed E-state index contributed by atoms with van der Waals surface area (Å²) >= 11 is 0. The summed E-state index contributed by atoms with van der Waals surface area (Å²) in [5, 5.41) is 15.0. The molecule has 0 radical (unpaired) electrons. The Morgan fingerprint density at radius 2 is 1.50 bits per heavy atom. The van der Waals surface area contributed by atoms with Gasteiger partial charge >= 0.3 is 6.18 Å². The van der Waals surface area contributed by atoms with Crippen molar-refractivity contribution >= 4 is 23.0 Å². The Bertz CT molecular complexity index is 1110. The second kappa shape index (κ2) is 8.06. The van der Waals surface area contributed by atoms with Crippen molar-refractivity contribution in [2.75, 3.05) is 10.6 Å². The van der Waals surface area contributed by atoms with Gasteiger partial charge in [0.25, 0.3) is 5.91 Å². The third-order valence-corrected chi connectivity index (χ3v) is 4.51. The zero-order valence-corrected chi connectivity index (χ0v) is 16.1. The molecule has 156 valence electrons. The van der Waals surface area contributed by atoms with Crippen molar-refractivity contribution in [2.45, 2.75) is 20.0 Å². The number of hydrogen-bond donors (Lipinski definition) is 3. The standard InChI is InChI=1S/C22H18F4N2O2/c1-12-9-15(23)4-7-18(12)27-20-6-3-14(22(24,25)26)11-17(20)21(30)28-19-8-5-16(29)10-13(19)2/h3-11,27,29H,1-2H3,(H,28,30). The van der Waals surface area contributed by atoms with E-state index in [4.69, 9.17) is 0 Å². The smallest absolute Gasteiger partial charge is 0.416 e. The lowest BCUT2D eigenvalue weighted by molar-refractivity contribution is -0.137. The number of hydrogen-bond acceptors (Lipinski definition) is 3. The Labute approximate surface area is 170 Å². The van der Waals surface area contributed by atoms with E-state index >= 15 is 0 Å². The topological polar surface area (TPSA) is 61.4 Å². The first-order chi connectivity index (χ1) is 14.0. The molecule has 3 N–H and O–H groups in total. The fourth-order valence-corrected chi connectivity index (χ4v) is 2.91. The number of aromatic hydroxyl groups is 1. The van der Waals surface area contributed by atoms with Crippen LogP contribution >= 0.6 is 0 Å². The first kappa shape index (κ1) is 21.2. The summed E-state index contributed by atoms with van der Waals surface area (Å²) in [6.45, 7) is 3.28. The quantitative estimate of drug-likeness (QED) is 0.351. The monoisotopic (exact) mass is 418 g/mol. The van der Waals surface area contributed by atoms with Crippen LogP contribution < -0.4 is 10.6 Å². The highest BCUT2D eigenvalue weighted by atomic mass is 19.4. The van der Waals surface area contributed by atoms with E-state index in [1.165, 1.54) is 36.4 Å². The number of nitrogens with one attached hydrogen (secondary N) is 2. The Kier molecular flexibility index (Phi) is 5.69. The van der Waals surface area contributed by atoms with Gasteiger partial charge in [-0.1, -0.05) is 0 Å². The Morgan fingerprint density at radius 1 is 0.867 bits per heavy atom. The molecule has 0 aliphatic heterocycles. The van der Waals surface area contributed by atoms with Crippen molar-refractivity contribution in [3.8, 4) is 5.75 Å². The van der Waals surface area contributed by atoms with Crippen LogP contribution in [0.3, 0.4) is 0 Å². The van der Waals surface area contributed by atoms with Crippen molar-refractivity contribution < 1.29 is 27.5 Å². The van der Waals surface area contributed by atoms with E-state index in [1.807, 2.05) is 0 Å². The van der Waals surface area contributed by atoms with Gasteiger partial charge in [-0.05, 0) is 79.6 Å². The van der Waals surface area contributed by atoms with Gasteiger partial charge in [0.15, 0.2) is 0 Å². The normalized spacial score (nSPS) is 11.3. The minimum atomic E-state index is -4.63. The van der Waals surface area contributed by atoms with Crippen LogP contribution in [0.4, 0.5) is 34.6 Å². The van der Waals surface area contributed by atoms with Crippen LogP contribution in [-0.2, 0) is 6.18 Å². The maximum absolute atomic E-state index is 13.4. The zero-order valence-electron chi connectivity index (χ0n) is 16.1. The van der Waals surface area contributed by atoms with Gasteiger partial charge in [0.1, 0.15) is 11.6 Å². The molecule has 1 amide bonds. The zero-order chi connectivity index (χ0) is 22.1. The van der Waals surface area contributed by atoms with Crippen LogP contribution in [-0.4, -0.2) is 11.0 Å². The van der Waals surface area contributed by atoms with Gasteiger partial charge < -0.3 is 15.7 Å². The van der Waals surface area contributed by atoms with Crippen molar-refractivity contribution in [3.05, 3.63) is 82.7 Å². The Hall–Kier alpha value is -3.55. The fraction of sp³-hybridized carbons (Fsp3) is 0.136. The number of amides is 1. The largest absolute Gasteiger partial charge is 0.508 e. The molecule has 3 aromatic rings. The lowest BCUT2D eigenvalue weighted by Gasteiger charge is -2.17. The highest BCUT2D eigenvalue weighted by molar-refractivity contribution is 6.09. The molecule has 0 saturated carbocycles. The molecule has 0 aromatic heterocycles. The summed E-state index contributed by atoms with van der Waals surface area (Å²) in [7, 11) is 0. The summed E-state index contributed by atoms with van der Waals surface area (Å²) < 4.78 is 53.0. The second-order valence-corrected chi connectivity index (χ2v) is 6.80. The molecule has 30 heavy (non-hydrogen) atoms. The third-order valence-electron chi connectivity index (χ3n) is 4.51. The third kappa shape index (κ3) is 4.71. The molecule has 0 atom stereocenters. The second-order valence-electron chi connectivity index (χ2n) is 6.80. The maximum Gasteiger partial charge on any atom is 0.416 e. The first-order valence-electron chi connectivity index (χ1n) is 8.90. The average molecular weight is 418 g/mol. The summed E-state index contributed by atoms with van der Waals surface area (Å²) in [5.41, 5.74) is 0.782. The van der Waals surface area contributed by atoms with Gasteiger partial charge in [0, 0.05) is 11.4 Å². The molecular weight excluding hydrogens is 400 g/mol. The number of rotatable bonds is 4. The van der Waals surface area contributed by atoms with E-state index in [9.17, 15) is 27.5 Å². The van der Waals surface area contributed by atoms with E-state index in [0.717, 1.165) is 18.2 Å². The molecular formula is C22H18F4N2O2. The number of carbonyl (C=O) groups is 1. The molecule has 0 aliphatic carbocycles. The summed E-state index contributed by atoms with van der Waals surface area (Å²) in [6.07, 6.45) is -4.63. The molecule has 4 nitrogen and oxygen atoms in total. The molecule has 0 heterocycles. The number of carbonyl (C=O) groups excluding carboxylic acids is 1. The number of halogens is 4. The molecule has 0 saturated heterocycles. The molecule has 0 spiro atoms. The summed E-state index contributed by atoms with van der Waals surface area (Å²) in [4.78, 5) is 12.8. The molecule has 0 bridgehead atoms. The summed E-state index contributed by atoms with van der Waals surface area (Å²) in [5.74, 6) is -1.22. The van der Waals surface area contributed by atoms with Crippen molar-refractivity contribution in [3.63, 3.8) is 0 Å². The minimum absolute atomic E-state index is 0.00120. The highest BCUT2D eigenvalue weighted by Gasteiger charge is 2.32. The highest BCUT2D eigenvalue weighted by Crippen LogP contribution is 2.34.